The van der Waals surface area contributed by atoms with E-state index in [1.54, 1.807) is 22.7 Å². The molecule has 0 fully saturated rings. The summed E-state index contributed by atoms with van der Waals surface area (Å²) in [5, 5.41) is 1.96. The molecule has 46 heavy (non-hydrogen) atoms. The molecular weight excluding hydrogens is 674 g/mol. The van der Waals surface area contributed by atoms with Gasteiger partial charge in [-0.15, -0.1) is 22.7 Å². The molecule has 0 atom stereocenters. The maximum absolute atomic E-state index is 6.54. The topological polar surface area (TPSA) is 47.5 Å². The van der Waals surface area contributed by atoms with Crippen LogP contribution in [0.3, 0.4) is 0 Å². The second kappa shape index (κ2) is 11.1. The highest BCUT2D eigenvalue weighted by atomic mass is 79.9. The van der Waals surface area contributed by atoms with Crippen LogP contribution in [0.4, 0.5) is 17.1 Å². The van der Waals surface area contributed by atoms with Crippen molar-refractivity contribution in [1.29, 1.82) is 0 Å². The Kier molecular flexibility index (Phi) is 6.59. The Balaban J connectivity index is 1.18. The van der Waals surface area contributed by atoms with E-state index in [2.05, 4.69) is 93.6 Å². The van der Waals surface area contributed by atoms with Crippen LogP contribution in [0.1, 0.15) is 0 Å². The molecule has 1 aliphatic rings. The van der Waals surface area contributed by atoms with Gasteiger partial charge < -0.3 is 14.4 Å². The summed E-state index contributed by atoms with van der Waals surface area (Å²) < 4.78 is 16.0. The summed E-state index contributed by atoms with van der Waals surface area (Å²) in [7, 11) is 0. The molecule has 0 saturated heterocycles. The van der Waals surface area contributed by atoms with Crippen LogP contribution in [0, 0.1) is 0 Å². The zero-order chi connectivity index (χ0) is 30.6. The van der Waals surface area contributed by atoms with Crippen molar-refractivity contribution < 1.29 is 9.47 Å². The third kappa shape index (κ3) is 4.82. The Hall–Kier alpha value is -5.02. The summed E-state index contributed by atoms with van der Waals surface area (Å²) in [5.74, 6) is 2.93. The third-order valence-electron chi connectivity index (χ3n) is 7.85. The number of thiazole rings is 2. The zero-order valence-electron chi connectivity index (χ0n) is 24.1. The van der Waals surface area contributed by atoms with E-state index in [1.807, 2.05) is 60.7 Å². The van der Waals surface area contributed by atoms with Gasteiger partial charge in [-0.25, -0.2) is 9.97 Å². The van der Waals surface area contributed by atoms with E-state index >= 15 is 0 Å². The third-order valence-corrected chi connectivity index (χ3v) is 10.6. The van der Waals surface area contributed by atoms with Crippen molar-refractivity contribution in [2.45, 2.75) is 0 Å². The minimum absolute atomic E-state index is 0.690. The molecule has 0 bridgehead atoms. The van der Waals surface area contributed by atoms with Crippen LogP contribution in [0.2, 0.25) is 0 Å². The van der Waals surface area contributed by atoms with Gasteiger partial charge in [-0.2, -0.15) is 0 Å². The van der Waals surface area contributed by atoms with Gasteiger partial charge in [0.1, 0.15) is 21.5 Å². The van der Waals surface area contributed by atoms with Crippen LogP contribution >= 0.6 is 38.6 Å². The number of rotatable bonds is 5. The summed E-state index contributed by atoms with van der Waals surface area (Å²) in [6.45, 7) is 0. The van der Waals surface area contributed by atoms with Crippen LogP contribution in [0.15, 0.2) is 138 Å². The fourth-order valence-electron chi connectivity index (χ4n) is 5.66. The predicted molar refractivity (Wildman–Crippen MR) is 193 cm³/mol. The van der Waals surface area contributed by atoms with Crippen LogP contribution in [-0.2, 0) is 0 Å². The van der Waals surface area contributed by atoms with Gasteiger partial charge >= 0.3 is 0 Å². The molecule has 220 valence electrons. The fraction of sp³-hybridized carbons (Fsp3) is 0. The Morgan fingerprint density at radius 2 is 1.20 bits per heavy atom. The molecule has 6 aromatic carbocycles. The number of hydrogen-bond donors (Lipinski definition) is 0. The maximum atomic E-state index is 6.54. The largest absolute Gasteiger partial charge is 0.456 e. The first kappa shape index (κ1) is 27.3. The molecular formula is C38H22BrN3O2S2. The second-order valence-corrected chi connectivity index (χ2v) is 13.7. The van der Waals surface area contributed by atoms with Gasteiger partial charge in [0, 0.05) is 28.9 Å². The first-order chi connectivity index (χ1) is 22.7. The number of halogens is 1. The molecule has 0 amide bonds. The monoisotopic (exact) mass is 695 g/mol. The smallest absolute Gasteiger partial charge is 0.152 e. The van der Waals surface area contributed by atoms with Crippen LogP contribution in [0.25, 0.3) is 41.6 Å². The summed E-state index contributed by atoms with van der Waals surface area (Å²) in [6, 6.07) is 45.1. The first-order valence-electron chi connectivity index (χ1n) is 14.7. The molecule has 0 radical (unpaired) electrons. The van der Waals surface area contributed by atoms with Crippen LogP contribution in [0.5, 0.6) is 23.0 Å². The van der Waals surface area contributed by atoms with Gasteiger partial charge in [0.05, 0.1) is 36.3 Å². The lowest BCUT2D eigenvalue weighted by Gasteiger charge is -2.33. The van der Waals surface area contributed by atoms with E-state index in [0.29, 0.717) is 5.75 Å². The molecule has 0 aliphatic carbocycles. The Labute approximate surface area is 281 Å². The summed E-state index contributed by atoms with van der Waals surface area (Å²) in [5.41, 5.74) is 6.90. The normalized spacial score (nSPS) is 12.2. The highest BCUT2D eigenvalue weighted by Gasteiger charge is 2.29. The van der Waals surface area contributed by atoms with Crippen LogP contribution < -0.4 is 14.4 Å². The van der Waals surface area contributed by atoms with Gasteiger partial charge in [0.15, 0.2) is 11.5 Å². The number of para-hydroxylation sites is 3. The van der Waals surface area contributed by atoms with Crippen molar-refractivity contribution in [2.24, 2.45) is 0 Å². The van der Waals surface area contributed by atoms with Crippen molar-refractivity contribution in [2.75, 3.05) is 4.90 Å². The van der Waals surface area contributed by atoms with Gasteiger partial charge in [0.2, 0.25) is 0 Å². The number of hydrogen-bond acceptors (Lipinski definition) is 7. The van der Waals surface area contributed by atoms with E-state index in [-0.39, 0.29) is 0 Å². The summed E-state index contributed by atoms with van der Waals surface area (Å²) in [4.78, 5) is 12.0. The molecule has 0 spiro atoms. The Morgan fingerprint density at radius 1 is 0.587 bits per heavy atom. The van der Waals surface area contributed by atoms with E-state index in [1.165, 1.54) is 4.70 Å². The molecule has 0 unspecified atom stereocenters. The number of ether oxygens (including phenoxy) is 2. The van der Waals surface area contributed by atoms with Crippen molar-refractivity contribution in [1.82, 2.24) is 9.97 Å². The molecule has 8 heteroatoms. The average molecular weight is 697 g/mol. The van der Waals surface area contributed by atoms with Gasteiger partial charge in [-0.3, -0.25) is 0 Å². The molecule has 1 aliphatic heterocycles. The molecule has 0 saturated carbocycles. The molecule has 0 N–H and O–H groups in total. The lowest BCUT2D eigenvalue weighted by Crippen LogP contribution is -2.16. The van der Waals surface area contributed by atoms with Crippen molar-refractivity contribution in [3.8, 4) is 44.1 Å². The van der Waals surface area contributed by atoms with Gasteiger partial charge in [-0.05, 0) is 94.8 Å². The lowest BCUT2D eigenvalue weighted by atomic mass is 10.1. The van der Waals surface area contributed by atoms with E-state index in [4.69, 9.17) is 19.4 Å². The van der Waals surface area contributed by atoms with Crippen LogP contribution in [-0.4, -0.2) is 9.97 Å². The highest BCUT2D eigenvalue weighted by molar-refractivity contribution is 9.10. The van der Waals surface area contributed by atoms with Crippen molar-refractivity contribution in [3.05, 3.63) is 138 Å². The molecule has 8 aromatic rings. The predicted octanol–water partition coefficient (Wildman–Crippen LogP) is 12.4. The lowest BCUT2D eigenvalue weighted by molar-refractivity contribution is 0.463. The minimum atomic E-state index is 0.690. The Bertz CT molecular complexity index is 2340. The summed E-state index contributed by atoms with van der Waals surface area (Å²) in [6.07, 6.45) is 0. The maximum Gasteiger partial charge on any atom is 0.152 e. The van der Waals surface area contributed by atoms with E-state index in [0.717, 1.165) is 75.7 Å². The molecule has 2 aromatic heterocycles. The quantitative estimate of drug-likeness (QED) is 0.179. The SMILES string of the molecule is Brc1cc2c(cc1Oc1ccccc1)N(c1ccc(-c3nc4ccccc4s3)cc1)c1cc(-c3nc4ccccc4s3)ccc1O2. The molecule has 5 nitrogen and oxygen atoms in total. The van der Waals surface area contributed by atoms with Gasteiger partial charge in [-0.1, -0.05) is 42.5 Å². The number of nitrogens with zero attached hydrogens (tertiary/aromatic N) is 3. The number of aromatic nitrogens is 2. The fourth-order valence-corrected chi connectivity index (χ4v) is 7.99. The van der Waals surface area contributed by atoms with Crippen molar-refractivity contribution >= 4 is 76.1 Å². The zero-order valence-corrected chi connectivity index (χ0v) is 27.3. The van der Waals surface area contributed by atoms with Gasteiger partial charge in [0.25, 0.3) is 0 Å². The number of anilines is 3. The van der Waals surface area contributed by atoms with E-state index < -0.39 is 0 Å². The Morgan fingerprint density at radius 3 is 1.89 bits per heavy atom. The van der Waals surface area contributed by atoms with Crippen molar-refractivity contribution in [3.63, 3.8) is 0 Å². The summed E-state index contributed by atoms with van der Waals surface area (Å²) >= 11 is 7.11. The highest BCUT2D eigenvalue weighted by Crippen LogP contribution is 2.54. The second-order valence-electron chi connectivity index (χ2n) is 10.8. The number of fused-ring (bicyclic) bond motifs is 4. The average Bonchev–Trinajstić information content (AvgIpc) is 3.73. The number of benzene rings is 6. The minimum Gasteiger partial charge on any atom is -0.456 e. The molecule has 9 rings (SSSR count). The standard InChI is InChI=1S/C38H22BrN3O2S2/c39-27-21-34-31(22-33(27)43-26-8-2-1-3-9-26)42(25-17-14-23(15-18-25)37-40-28-10-4-6-12-35(28)45-37)30-20-24(16-19-32(30)44-34)38-41-29-11-5-7-13-36(29)46-38/h1-22H. The first-order valence-corrected chi connectivity index (χ1v) is 17.1. The molecule has 3 heterocycles. The van der Waals surface area contributed by atoms with E-state index in [9.17, 15) is 0 Å².